The Morgan fingerprint density at radius 2 is 1.47 bits per heavy atom. The Labute approximate surface area is 101 Å². The third-order valence-electron chi connectivity index (χ3n) is 3.08. The first-order valence-electron chi connectivity index (χ1n) is 5.87. The molecule has 1 fully saturated rings. The zero-order valence-corrected chi connectivity index (χ0v) is 9.47. The highest BCUT2D eigenvalue weighted by Crippen LogP contribution is 2.40. The van der Waals surface area contributed by atoms with Crippen molar-refractivity contribution in [1.29, 1.82) is 0 Å². The van der Waals surface area contributed by atoms with Gasteiger partial charge in [-0.05, 0) is 36.2 Å². The normalized spacial score (nSPS) is 22.2. The summed E-state index contributed by atoms with van der Waals surface area (Å²) in [6.07, 6.45) is 0.999. The molecule has 2 heteroatoms. The van der Waals surface area contributed by atoms with Crippen LogP contribution < -0.4 is 10.5 Å². The summed E-state index contributed by atoms with van der Waals surface area (Å²) >= 11 is 0. The van der Waals surface area contributed by atoms with Crippen molar-refractivity contribution in [2.75, 3.05) is 0 Å². The van der Waals surface area contributed by atoms with Gasteiger partial charge >= 0.3 is 0 Å². The maximum atomic E-state index is 7.59. The lowest BCUT2D eigenvalue weighted by molar-refractivity contribution is 0.482. The zero-order valence-electron chi connectivity index (χ0n) is 9.47. The number of para-hydroxylation sites is 1. The van der Waals surface area contributed by atoms with Crippen LogP contribution in [0.4, 0.5) is 0 Å². The zero-order chi connectivity index (χ0) is 11.7. The van der Waals surface area contributed by atoms with Crippen LogP contribution in [0.5, 0.6) is 11.5 Å². The van der Waals surface area contributed by atoms with Crippen LogP contribution in [0.15, 0.2) is 54.6 Å². The van der Waals surface area contributed by atoms with Crippen molar-refractivity contribution in [3.8, 4) is 11.5 Å². The second-order valence-electron chi connectivity index (χ2n) is 4.43. The number of rotatable bonds is 3. The lowest BCUT2D eigenvalue weighted by Gasteiger charge is -2.06. The topological polar surface area (TPSA) is 33.0 Å². The highest BCUT2D eigenvalue weighted by atomic mass is 16.5. The molecule has 1 saturated carbocycles. The van der Waals surface area contributed by atoms with E-state index in [4.69, 9.17) is 10.5 Å². The number of hydrogen-bond acceptors (Lipinski definition) is 1. The highest BCUT2D eigenvalue weighted by molar-refractivity contribution is 5.36. The fraction of sp³-hybridized carbons (Fsp3) is 0.200. The molecule has 2 unspecified atom stereocenters. The van der Waals surface area contributed by atoms with Gasteiger partial charge in [0, 0.05) is 12.0 Å². The predicted molar refractivity (Wildman–Crippen MR) is 67.2 cm³/mol. The fourth-order valence-corrected chi connectivity index (χ4v) is 1.97. The average Bonchev–Trinajstić information content (AvgIpc) is 3.09. The highest BCUT2D eigenvalue weighted by Gasteiger charge is 2.35. The summed E-state index contributed by atoms with van der Waals surface area (Å²) in [4.78, 5) is 0. The molecule has 2 atom stereocenters. The molecule has 1 N–H and O–H groups in total. The van der Waals surface area contributed by atoms with E-state index in [0.717, 1.165) is 17.9 Å². The minimum absolute atomic E-state index is 0.107. The molecule has 0 aromatic heterocycles. The van der Waals surface area contributed by atoms with E-state index in [1.165, 1.54) is 5.56 Å². The Bertz CT molecular complexity index is 492. The van der Waals surface area contributed by atoms with Crippen molar-refractivity contribution in [3.05, 3.63) is 60.2 Å². The molecule has 0 spiro atoms. The standard InChI is InChI=1S/C15H14NO/c16-15-10-14(15)11-6-8-13(9-7-11)17-12-4-2-1-3-5-12/h1-9,14-16H,10H2. The molecule has 1 radical (unpaired) electrons. The molecule has 2 nitrogen and oxygen atoms in total. The van der Waals surface area contributed by atoms with Gasteiger partial charge in [-0.1, -0.05) is 30.3 Å². The van der Waals surface area contributed by atoms with Gasteiger partial charge in [0.15, 0.2) is 0 Å². The summed E-state index contributed by atoms with van der Waals surface area (Å²) in [5, 5.41) is 0. The quantitative estimate of drug-likeness (QED) is 0.783. The van der Waals surface area contributed by atoms with Gasteiger partial charge in [0.1, 0.15) is 11.5 Å². The first kappa shape index (κ1) is 10.4. The number of benzene rings is 2. The second-order valence-corrected chi connectivity index (χ2v) is 4.43. The molecule has 0 aliphatic heterocycles. The van der Waals surface area contributed by atoms with Crippen molar-refractivity contribution >= 4 is 0 Å². The summed E-state index contributed by atoms with van der Waals surface area (Å²) in [6.45, 7) is 0. The minimum Gasteiger partial charge on any atom is -0.457 e. The Kier molecular flexibility index (Phi) is 2.57. The minimum atomic E-state index is 0.107. The van der Waals surface area contributed by atoms with Crippen LogP contribution in [-0.2, 0) is 0 Å². The number of nitrogens with one attached hydrogen (secondary N) is 1. The van der Waals surface area contributed by atoms with Crippen LogP contribution in [0.25, 0.3) is 0 Å². The lowest BCUT2D eigenvalue weighted by Crippen LogP contribution is -1.88. The van der Waals surface area contributed by atoms with E-state index >= 15 is 0 Å². The lowest BCUT2D eigenvalue weighted by atomic mass is 10.1. The third kappa shape index (κ3) is 2.32. The Hall–Kier alpha value is -1.80. The van der Waals surface area contributed by atoms with Gasteiger partial charge in [-0.15, -0.1) is 0 Å². The Morgan fingerprint density at radius 3 is 2.06 bits per heavy atom. The van der Waals surface area contributed by atoms with E-state index in [1.807, 2.05) is 42.5 Å². The number of hydrogen-bond donors (Lipinski definition) is 0. The molecular formula is C15H14NO. The summed E-state index contributed by atoms with van der Waals surface area (Å²) < 4.78 is 5.71. The van der Waals surface area contributed by atoms with Crippen molar-refractivity contribution in [2.45, 2.75) is 18.4 Å². The van der Waals surface area contributed by atoms with Crippen LogP contribution >= 0.6 is 0 Å². The summed E-state index contributed by atoms with van der Waals surface area (Å²) in [5.41, 5.74) is 8.85. The molecular weight excluding hydrogens is 210 g/mol. The molecule has 2 aromatic carbocycles. The van der Waals surface area contributed by atoms with Crippen LogP contribution in [0, 0.1) is 0 Å². The molecule has 0 bridgehead atoms. The van der Waals surface area contributed by atoms with Crippen molar-refractivity contribution < 1.29 is 4.74 Å². The summed E-state index contributed by atoms with van der Waals surface area (Å²) in [5.74, 6) is 2.15. The van der Waals surface area contributed by atoms with E-state index in [2.05, 4.69) is 12.1 Å². The molecule has 0 heterocycles. The SMILES string of the molecule is [NH]C1CC1c1ccc(Oc2ccccc2)cc1. The maximum absolute atomic E-state index is 7.59. The third-order valence-corrected chi connectivity index (χ3v) is 3.08. The largest absolute Gasteiger partial charge is 0.457 e. The molecule has 0 amide bonds. The van der Waals surface area contributed by atoms with Crippen LogP contribution in [0.2, 0.25) is 0 Å². The molecule has 0 saturated heterocycles. The van der Waals surface area contributed by atoms with E-state index in [9.17, 15) is 0 Å². The summed E-state index contributed by atoms with van der Waals surface area (Å²) in [7, 11) is 0. The van der Waals surface area contributed by atoms with E-state index in [1.54, 1.807) is 0 Å². The Balaban J connectivity index is 1.72. The fourth-order valence-electron chi connectivity index (χ4n) is 1.97. The van der Waals surface area contributed by atoms with E-state index < -0.39 is 0 Å². The maximum Gasteiger partial charge on any atom is 0.127 e. The second kappa shape index (κ2) is 4.22. The van der Waals surface area contributed by atoms with Crippen molar-refractivity contribution in [2.24, 2.45) is 0 Å². The first-order chi connectivity index (χ1) is 8.33. The van der Waals surface area contributed by atoms with Crippen molar-refractivity contribution in [3.63, 3.8) is 0 Å². The van der Waals surface area contributed by atoms with Gasteiger partial charge in [-0.25, -0.2) is 0 Å². The van der Waals surface area contributed by atoms with E-state index in [0.29, 0.717) is 5.92 Å². The monoisotopic (exact) mass is 224 g/mol. The Morgan fingerprint density at radius 1 is 0.882 bits per heavy atom. The van der Waals surface area contributed by atoms with Gasteiger partial charge in [0.2, 0.25) is 0 Å². The first-order valence-corrected chi connectivity index (χ1v) is 5.87. The predicted octanol–water partition coefficient (Wildman–Crippen LogP) is 3.62. The van der Waals surface area contributed by atoms with E-state index in [-0.39, 0.29) is 6.04 Å². The molecule has 1 aliphatic carbocycles. The van der Waals surface area contributed by atoms with Crippen LogP contribution in [-0.4, -0.2) is 6.04 Å². The summed E-state index contributed by atoms with van der Waals surface area (Å²) in [6, 6.07) is 18.0. The van der Waals surface area contributed by atoms with Gasteiger partial charge < -0.3 is 4.74 Å². The molecule has 85 valence electrons. The molecule has 1 aliphatic rings. The van der Waals surface area contributed by atoms with Crippen molar-refractivity contribution in [1.82, 2.24) is 5.73 Å². The molecule has 3 rings (SSSR count). The molecule has 17 heavy (non-hydrogen) atoms. The van der Waals surface area contributed by atoms with Crippen LogP contribution in [0.1, 0.15) is 17.9 Å². The molecule has 2 aromatic rings. The number of ether oxygens (including phenoxy) is 1. The van der Waals surface area contributed by atoms with Gasteiger partial charge in [0.05, 0.1) is 0 Å². The average molecular weight is 224 g/mol. The van der Waals surface area contributed by atoms with Crippen LogP contribution in [0.3, 0.4) is 0 Å². The van der Waals surface area contributed by atoms with Gasteiger partial charge in [0.25, 0.3) is 0 Å². The van der Waals surface area contributed by atoms with Gasteiger partial charge in [-0.3, -0.25) is 5.73 Å². The van der Waals surface area contributed by atoms with Gasteiger partial charge in [-0.2, -0.15) is 0 Å². The smallest absolute Gasteiger partial charge is 0.127 e.